The highest BCUT2D eigenvalue weighted by molar-refractivity contribution is 6.15. The molecule has 2 nitrogen and oxygen atoms in total. The smallest absolute Gasteiger partial charge is 0.139 e. The quantitative estimate of drug-likeness (QED) is 0.362. The Morgan fingerprint density at radius 3 is 2.50 bits per heavy atom. The van der Waals surface area contributed by atoms with Gasteiger partial charge in [-0.1, -0.05) is 6.92 Å². The van der Waals surface area contributed by atoms with E-state index in [-0.39, 0.29) is 0 Å². The zero-order chi connectivity index (χ0) is 6.20. The standard InChI is InChI=1S/C5H10BNO/c1-3-7(2)5(6)4-8-5/h3-4H2,1-2H3. The molecule has 0 bridgehead atoms. The zero-order valence-electron chi connectivity index (χ0n) is 5.35. The average molecular weight is 111 g/mol. The zero-order valence-corrected chi connectivity index (χ0v) is 5.35. The van der Waals surface area contributed by atoms with Crippen LogP contribution in [0.1, 0.15) is 6.92 Å². The molecule has 0 amide bonds. The highest BCUT2D eigenvalue weighted by Crippen LogP contribution is 2.24. The lowest BCUT2D eigenvalue weighted by Crippen LogP contribution is -2.35. The minimum Gasteiger partial charge on any atom is -0.364 e. The topological polar surface area (TPSA) is 15.8 Å². The molecule has 0 saturated carbocycles. The SMILES string of the molecule is [B]C1(N(C)CC)CO1. The fraction of sp³-hybridized carbons (Fsp3) is 1.00. The van der Waals surface area contributed by atoms with Crippen LogP contribution >= 0.6 is 0 Å². The van der Waals surface area contributed by atoms with Gasteiger partial charge in [0.2, 0.25) is 0 Å². The second-order valence-electron chi connectivity index (χ2n) is 2.15. The van der Waals surface area contributed by atoms with E-state index >= 15 is 0 Å². The predicted molar refractivity (Wildman–Crippen MR) is 32.7 cm³/mol. The van der Waals surface area contributed by atoms with E-state index < -0.39 is 5.62 Å². The van der Waals surface area contributed by atoms with Crippen LogP contribution in [0.15, 0.2) is 0 Å². The molecule has 1 rings (SSSR count). The van der Waals surface area contributed by atoms with Gasteiger partial charge < -0.3 is 4.74 Å². The first-order valence-corrected chi connectivity index (χ1v) is 2.83. The summed E-state index contributed by atoms with van der Waals surface area (Å²) in [6, 6.07) is 0. The molecule has 0 N–H and O–H groups in total. The van der Waals surface area contributed by atoms with Gasteiger partial charge in [-0.3, -0.25) is 4.90 Å². The molecule has 8 heavy (non-hydrogen) atoms. The lowest BCUT2D eigenvalue weighted by atomic mass is 9.96. The van der Waals surface area contributed by atoms with Crippen molar-refractivity contribution in [1.29, 1.82) is 0 Å². The minimum atomic E-state index is -0.408. The van der Waals surface area contributed by atoms with Crippen LogP contribution in [-0.2, 0) is 4.74 Å². The Morgan fingerprint density at radius 1 is 1.88 bits per heavy atom. The Bertz CT molecular complexity index is 92.4. The van der Waals surface area contributed by atoms with Crippen molar-refractivity contribution in [2.24, 2.45) is 0 Å². The van der Waals surface area contributed by atoms with Gasteiger partial charge in [-0.2, -0.15) is 0 Å². The number of ether oxygens (including phenoxy) is 1. The van der Waals surface area contributed by atoms with E-state index in [4.69, 9.17) is 12.6 Å². The molecule has 0 aromatic rings. The highest BCUT2D eigenvalue weighted by Gasteiger charge is 2.41. The molecule has 1 fully saturated rings. The van der Waals surface area contributed by atoms with Gasteiger partial charge in [0.15, 0.2) is 0 Å². The summed E-state index contributed by atoms with van der Waals surface area (Å²) in [7, 11) is 7.56. The molecule has 1 aliphatic rings. The van der Waals surface area contributed by atoms with Crippen molar-refractivity contribution in [3.8, 4) is 0 Å². The first-order valence-electron chi connectivity index (χ1n) is 2.83. The molecule has 2 radical (unpaired) electrons. The summed E-state index contributed by atoms with van der Waals surface area (Å²) in [6.07, 6.45) is 0. The Labute approximate surface area is 51.2 Å². The van der Waals surface area contributed by atoms with Crippen LogP contribution in [0.2, 0.25) is 0 Å². The Morgan fingerprint density at radius 2 is 2.38 bits per heavy atom. The fourth-order valence-electron chi connectivity index (χ4n) is 0.562. The molecule has 1 atom stereocenters. The van der Waals surface area contributed by atoms with Crippen molar-refractivity contribution in [1.82, 2.24) is 4.90 Å². The van der Waals surface area contributed by atoms with E-state index in [1.54, 1.807) is 0 Å². The normalized spacial score (nSPS) is 35.9. The Hall–Kier alpha value is -0.0151. The lowest BCUT2D eigenvalue weighted by Gasteiger charge is -2.18. The van der Waals surface area contributed by atoms with E-state index in [0.29, 0.717) is 6.61 Å². The number of hydrogen-bond acceptors (Lipinski definition) is 2. The summed E-state index contributed by atoms with van der Waals surface area (Å²) in [5, 5.41) is 0. The highest BCUT2D eigenvalue weighted by atomic mass is 16.6. The van der Waals surface area contributed by atoms with Crippen molar-refractivity contribution >= 4 is 7.85 Å². The van der Waals surface area contributed by atoms with Crippen molar-refractivity contribution in [3.63, 3.8) is 0 Å². The van der Waals surface area contributed by atoms with Crippen LogP contribution in [0.25, 0.3) is 0 Å². The molecule has 0 aliphatic carbocycles. The summed E-state index contributed by atoms with van der Waals surface area (Å²) in [5.41, 5.74) is -0.408. The van der Waals surface area contributed by atoms with E-state index in [2.05, 4.69) is 6.92 Å². The monoisotopic (exact) mass is 111 g/mol. The number of hydrogen-bond donors (Lipinski definition) is 0. The van der Waals surface area contributed by atoms with Gasteiger partial charge in [0.05, 0.1) is 12.2 Å². The lowest BCUT2D eigenvalue weighted by molar-refractivity contribution is 0.184. The third-order valence-electron chi connectivity index (χ3n) is 1.56. The van der Waals surface area contributed by atoms with Gasteiger partial charge in [-0.05, 0) is 13.6 Å². The van der Waals surface area contributed by atoms with Crippen molar-refractivity contribution in [3.05, 3.63) is 0 Å². The van der Waals surface area contributed by atoms with E-state index in [1.165, 1.54) is 0 Å². The van der Waals surface area contributed by atoms with Crippen LogP contribution in [0, 0.1) is 0 Å². The number of epoxide rings is 1. The second kappa shape index (κ2) is 1.74. The molecule has 44 valence electrons. The maximum Gasteiger partial charge on any atom is 0.139 e. The van der Waals surface area contributed by atoms with Crippen molar-refractivity contribution in [2.45, 2.75) is 12.5 Å². The van der Waals surface area contributed by atoms with Crippen molar-refractivity contribution < 1.29 is 4.74 Å². The number of rotatable bonds is 2. The Kier molecular flexibility index (Phi) is 1.33. The largest absolute Gasteiger partial charge is 0.364 e. The molecule has 1 heterocycles. The molecule has 1 aliphatic heterocycles. The van der Waals surface area contributed by atoms with E-state index in [9.17, 15) is 0 Å². The molecule has 0 aromatic carbocycles. The van der Waals surface area contributed by atoms with Gasteiger partial charge in [0, 0.05) is 0 Å². The summed E-state index contributed by atoms with van der Waals surface area (Å²) < 4.78 is 4.95. The van der Waals surface area contributed by atoms with Crippen LogP contribution in [0.5, 0.6) is 0 Å². The molecule has 1 unspecified atom stereocenters. The summed E-state index contributed by atoms with van der Waals surface area (Å²) in [4.78, 5) is 1.98. The van der Waals surface area contributed by atoms with E-state index in [1.807, 2.05) is 11.9 Å². The third-order valence-corrected chi connectivity index (χ3v) is 1.56. The first-order chi connectivity index (χ1) is 3.69. The minimum absolute atomic E-state index is 0.408. The molecular formula is C5H10BNO. The van der Waals surface area contributed by atoms with Gasteiger partial charge >= 0.3 is 0 Å². The van der Waals surface area contributed by atoms with E-state index in [0.717, 1.165) is 6.54 Å². The fourth-order valence-corrected chi connectivity index (χ4v) is 0.562. The maximum absolute atomic E-state index is 5.60. The van der Waals surface area contributed by atoms with Crippen molar-refractivity contribution in [2.75, 3.05) is 20.2 Å². The number of nitrogens with zero attached hydrogens (tertiary/aromatic N) is 1. The predicted octanol–water partition coefficient (Wildman–Crippen LogP) is -0.209. The second-order valence-corrected chi connectivity index (χ2v) is 2.15. The maximum atomic E-state index is 5.60. The van der Waals surface area contributed by atoms with Crippen LogP contribution in [0.4, 0.5) is 0 Å². The number of likely N-dealkylation sites (N-methyl/N-ethyl adjacent to an activating group) is 1. The molecule has 3 heteroatoms. The summed E-state index contributed by atoms with van der Waals surface area (Å²) >= 11 is 0. The molecule has 0 spiro atoms. The molecule has 0 aromatic heterocycles. The Balaban J connectivity index is 2.34. The van der Waals surface area contributed by atoms with Crippen LogP contribution in [-0.4, -0.2) is 38.6 Å². The van der Waals surface area contributed by atoms with Gasteiger partial charge in [-0.15, -0.1) is 0 Å². The van der Waals surface area contributed by atoms with Crippen LogP contribution < -0.4 is 0 Å². The van der Waals surface area contributed by atoms with Gasteiger partial charge in [0.1, 0.15) is 7.85 Å². The molecule has 1 saturated heterocycles. The average Bonchev–Trinajstić information content (AvgIpc) is 2.47. The van der Waals surface area contributed by atoms with Crippen LogP contribution in [0.3, 0.4) is 0 Å². The molecular weight excluding hydrogens is 101 g/mol. The van der Waals surface area contributed by atoms with Gasteiger partial charge in [-0.25, -0.2) is 0 Å². The summed E-state index contributed by atoms with van der Waals surface area (Å²) in [6.45, 7) is 3.67. The van der Waals surface area contributed by atoms with Gasteiger partial charge in [0.25, 0.3) is 0 Å². The third kappa shape index (κ3) is 0.882. The first kappa shape index (κ1) is 6.11. The summed E-state index contributed by atoms with van der Waals surface area (Å²) in [5.74, 6) is 0.